The number of aliphatic hydroxyl groups is 1. The van der Waals surface area contributed by atoms with Gasteiger partial charge in [0.15, 0.2) is 0 Å². The van der Waals surface area contributed by atoms with E-state index in [1.807, 2.05) is 0 Å². The van der Waals surface area contributed by atoms with Crippen LogP contribution in [0.3, 0.4) is 0 Å². The predicted octanol–water partition coefficient (Wildman–Crippen LogP) is 1.44. The standard InChI is InChI=1S/C2HCl3.C2H7NO/c3-1-2(4)5;3-1-2-4/h1H;4H,1-3H2. The van der Waals surface area contributed by atoms with Crippen molar-refractivity contribution in [2.45, 2.75) is 0 Å². The van der Waals surface area contributed by atoms with E-state index in [-0.39, 0.29) is 11.1 Å². The number of nitrogens with two attached hydrogens (primary N) is 1. The van der Waals surface area contributed by atoms with E-state index >= 15 is 0 Å². The van der Waals surface area contributed by atoms with Crippen LogP contribution in [0.15, 0.2) is 10.0 Å². The Kier molecular flexibility index (Phi) is 15.4. The predicted molar refractivity (Wildman–Crippen MR) is 41.8 cm³/mol. The molecule has 56 valence electrons. The first-order chi connectivity index (χ1) is 4.18. The Morgan fingerprint density at radius 1 is 1.56 bits per heavy atom. The van der Waals surface area contributed by atoms with Gasteiger partial charge in [-0.2, -0.15) is 0 Å². The molecule has 0 saturated heterocycles. The van der Waals surface area contributed by atoms with Crippen molar-refractivity contribution in [3.05, 3.63) is 10.0 Å². The lowest BCUT2D eigenvalue weighted by molar-refractivity contribution is 0.306. The van der Waals surface area contributed by atoms with E-state index in [1.54, 1.807) is 0 Å². The summed E-state index contributed by atoms with van der Waals surface area (Å²) in [6.45, 7) is 0.472. The van der Waals surface area contributed by atoms with Crippen LogP contribution < -0.4 is 5.73 Å². The highest BCUT2D eigenvalue weighted by Gasteiger charge is 1.70. The molecule has 3 N–H and O–H groups in total. The molecular weight excluding hydrogens is 184 g/mol. The fraction of sp³-hybridized carbons (Fsp3) is 0.500. The number of hydrogen-bond acceptors (Lipinski definition) is 2. The molecule has 0 heterocycles. The van der Waals surface area contributed by atoms with Crippen LogP contribution in [-0.4, -0.2) is 18.3 Å². The highest BCUT2D eigenvalue weighted by molar-refractivity contribution is 6.58. The van der Waals surface area contributed by atoms with Crippen LogP contribution >= 0.6 is 34.8 Å². The lowest BCUT2D eigenvalue weighted by Crippen LogP contribution is -2.02. The third kappa shape index (κ3) is 29.2. The van der Waals surface area contributed by atoms with Crippen LogP contribution in [0.1, 0.15) is 0 Å². The summed E-state index contributed by atoms with van der Waals surface area (Å²) in [5.74, 6) is 0. The molecule has 0 spiro atoms. The molecule has 2 nitrogen and oxygen atoms in total. The van der Waals surface area contributed by atoms with Crippen LogP contribution in [0.2, 0.25) is 0 Å². The second kappa shape index (κ2) is 11.3. The Morgan fingerprint density at radius 2 is 1.78 bits per heavy atom. The molecule has 0 saturated carbocycles. The highest BCUT2D eigenvalue weighted by atomic mass is 35.5. The number of halogens is 3. The second-order valence-corrected chi connectivity index (χ2v) is 2.14. The highest BCUT2D eigenvalue weighted by Crippen LogP contribution is 2.05. The zero-order valence-corrected chi connectivity index (χ0v) is 6.92. The smallest absolute Gasteiger partial charge is 0.118 e. The largest absolute Gasteiger partial charge is 0.395 e. The van der Waals surface area contributed by atoms with E-state index in [1.165, 1.54) is 0 Å². The minimum absolute atomic E-state index is 0.0895. The van der Waals surface area contributed by atoms with Gasteiger partial charge in [-0.15, -0.1) is 0 Å². The van der Waals surface area contributed by atoms with Gasteiger partial charge < -0.3 is 10.8 Å². The summed E-state index contributed by atoms with van der Waals surface area (Å²) in [4.78, 5) is 0. The molecule has 0 unspecified atom stereocenters. The molecule has 0 aliphatic carbocycles. The first kappa shape index (κ1) is 12.2. The van der Waals surface area contributed by atoms with Crippen molar-refractivity contribution < 1.29 is 5.11 Å². The van der Waals surface area contributed by atoms with Crippen molar-refractivity contribution >= 4 is 34.8 Å². The van der Waals surface area contributed by atoms with Crippen LogP contribution in [-0.2, 0) is 0 Å². The Hall–Kier alpha value is 0.530. The molecule has 0 fully saturated rings. The number of rotatable bonds is 1. The lowest BCUT2D eigenvalue weighted by atomic mass is 10.8. The van der Waals surface area contributed by atoms with E-state index in [0.717, 1.165) is 5.54 Å². The average molecular weight is 192 g/mol. The van der Waals surface area contributed by atoms with Gasteiger partial charge in [0.25, 0.3) is 0 Å². The van der Waals surface area contributed by atoms with E-state index in [2.05, 4.69) is 0 Å². The minimum Gasteiger partial charge on any atom is -0.395 e. The molecule has 0 bridgehead atoms. The van der Waals surface area contributed by atoms with Gasteiger partial charge in [0.2, 0.25) is 0 Å². The SMILES string of the molecule is ClC=C(Cl)Cl.NCCO. The maximum Gasteiger partial charge on any atom is 0.118 e. The summed E-state index contributed by atoms with van der Waals surface area (Å²) >= 11 is 14.8. The number of aliphatic hydroxyl groups excluding tert-OH is 1. The van der Waals surface area contributed by atoms with Crippen molar-refractivity contribution in [2.75, 3.05) is 13.2 Å². The van der Waals surface area contributed by atoms with Crippen LogP contribution in [0, 0.1) is 0 Å². The summed E-state index contributed by atoms with van der Waals surface area (Å²) in [5, 5.41) is 7.75. The first-order valence-corrected chi connectivity index (χ1v) is 3.30. The Morgan fingerprint density at radius 3 is 1.78 bits per heavy atom. The molecule has 0 aromatic heterocycles. The maximum atomic E-state index is 7.75. The molecule has 0 atom stereocenters. The van der Waals surface area contributed by atoms with Gasteiger partial charge in [-0.25, -0.2) is 0 Å². The van der Waals surface area contributed by atoms with Crippen LogP contribution in [0.25, 0.3) is 0 Å². The van der Waals surface area contributed by atoms with E-state index in [0.29, 0.717) is 6.54 Å². The Balaban J connectivity index is 0. The van der Waals surface area contributed by atoms with Crippen molar-refractivity contribution in [1.29, 1.82) is 0 Å². The van der Waals surface area contributed by atoms with Crippen molar-refractivity contribution in [2.24, 2.45) is 5.73 Å². The van der Waals surface area contributed by atoms with Gasteiger partial charge >= 0.3 is 0 Å². The van der Waals surface area contributed by atoms with Crippen molar-refractivity contribution in [3.8, 4) is 0 Å². The molecule has 5 heteroatoms. The van der Waals surface area contributed by atoms with Gasteiger partial charge in [-0.05, 0) is 0 Å². The second-order valence-electron chi connectivity index (χ2n) is 0.911. The van der Waals surface area contributed by atoms with Crippen LogP contribution in [0.4, 0.5) is 0 Å². The Labute approximate surface area is 69.2 Å². The molecule has 9 heavy (non-hydrogen) atoms. The summed E-state index contributed by atoms with van der Waals surface area (Å²) in [7, 11) is 0. The molecule has 0 aromatic rings. The molecule has 0 amide bonds. The van der Waals surface area contributed by atoms with Gasteiger partial charge in [0, 0.05) is 12.1 Å². The molecule has 0 aromatic carbocycles. The van der Waals surface area contributed by atoms with E-state index < -0.39 is 0 Å². The molecular formula is C4H8Cl3NO. The molecule has 0 radical (unpaired) electrons. The quantitative estimate of drug-likeness (QED) is 0.660. The molecule has 0 aliphatic heterocycles. The summed E-state index contributed by atoms with van der Waals surface area (Å²) in [6, 6.07) is 0. The molecule has 0 aliphatic rings. The summed E-state index contributed by atoms with van der Waals surface area (Å²) in [5.41, 5.74) is 5.86. The monoisotopic (exact) mass is 191 g/mol. The fourth-order valence-electron chi connectivity index (χ4n) is 0. The third-order valence-corrected chi connectivity index (χ3v) is 0.871. The number of hydrogen-bond donors (Lipinski definition) is 2. The normalized spacial score (nSPS) is 7.22. The van der Waals surface area contributed by atoms with Crippen molar-refractivity contribution in [1.82, 2.24) is 0 Å². The van der Waals surface area contributed by atoms with Crippen molar-refractivity contribution in [3.63, 3.8) is 0 Å². The maximum absolute atomic E-state index is 7.75. The fourth-order valence-corrected chi connectivity index (χ4v) is 0. The van der Waals surface area contributed by atoms with Gasteiger partial charge in [-0.1, -0.05) is 34.8 Å². The lowest BCUT2D eigenvalue weighted by Gasteiger charge is -1.71. The Bertz CT molecular complexity index is 70.2. The summed E-state index contributed by atoms with van der Waals surface area (Å²) < 4.78 is 0.0895. The zero-order chi connectivity index (χ0) is 7.70. The van der Waals surface area contributed by atoms with Crippen LogP contribution in [0.5, 0.6) is 0 Å². The summed E-state index contributed by atoms with van der Waals surface area (Å²) in [6.07, 6.45) is 0. The average Bonchev–Trinajstić information content (AvgIpc) is 1.89. The van der Waals surface area contributed by atoms with E-state index in [9.17, 15) is 0 Å². The van der Waals surface area contributed by atoms with Gasteiger partial charge in [0.1, 0.15) is 4.49 Å². The zero-order valence-electron chi connectivity index (χ0n) is 4.65. The third-order valence-electron chi connectivity index (χ3n) is 0.212. The van der Waals surface area contributed by atoms with E-state index in [4.69, 9.17) is 45.6 Å². The minimum atomic E-state index is 0.0895. The van der Waals surface area contributed by atoms with Gasteiger partial charge in [0.05, 0.1) is 6.61 Å². The molecule has 0 rings (SSSR count). The van der Waals surface area contributed by atoms with Gasteiger partial charge in [-0.3, -0.25) is 0 Å². The first-order valence-electron chi connectivity index (χ1n) is 2.11. The topological polar surface area (TPSA) is 46.2 Å².